The molecular formula is C15H23NO3. The third kappa shape index (κ3) is 4.47. The van der Waals surface area contributed by atoms with Gasteiger partial charge in [0.1, 0.15) is 5.75 Å². The zero-order chi connectivity index (χ0) is 14.4. The van der Waals surface area contributed by atoms with Crippen molar-refractivity contribution in [1.82, 2.24) is 4.90 Å². The second-order valence-corrected chi connectivity index (χ2v) is 5.02. The topological polar surface area (TPSA) is 49.8 Å². The second kappa shape index (κ2) is 7.02. The number of phenols is 1. The highest BCUT2D eigenvalue weighted by Gasteiger charge is 2.21. The minimum Gasteiger partial charge on any atom is -0.508 e. The molecule has 4 nitrogen and oxygen atoms in total. The summed E-state index contributed by atoms with van der Waals surface area (Å²) in [4.78, 5) is 13.7. The van der Waals surface area contributed by atoms with E-state index in [4.69, 9.17) is 4.74 Å². The van der Waals surface area contributed by atoms with E-state index in [0.717, 1.165) is 5.56 Å². The van der Waals surface area contributed by atoms with Gasteiger partial charge in [0.15, 0.2) is 0 Å². The van der Waals surface area contributed by atoms with Crippen LogP contribution in [0.4, 0.5) is 4.79 Å². The molecule has 4 heteroatoms. The Hall–Kier alpha value is -1.71. The molecule has 0 saturated heterocycles. The van der Waals surface area contributed by atoms with Crippen molar-refractivity contribution in [1.29, 1.82) is 0 Å². The third-order valence-electron chi connectivity index (χ3n) is 2.96. The molecule has 0 radical (unpaired) electrons. The lowest BCUT2D eigenvalue weighted by atomic mass is 10.1. The molecule has 0 aliphatic heterocycles. The highest BCUT2D eigenvalue weighted by Crippen LogP contribution is 2.22. The molecular weight excluding hydrogens is 242 g/mol. The van der Waals surface area contributed by atoms with Gasteiger partial charge in [0.05, 0.1) is 12.6 Å². The molecule has 0 fully saturated rings. The maximum absolute atomic E-state index is 12.0. The van der Waals surface area contributed by atoms with Crippen LogP contribution < -0.4 is 0 Å². The number of rotatable bonds is 5. The molecule has 1 aromatic carbocycles. The van der Waals surface area contributed by atoms with E-state index >= 15 is 0 Å². The van der Waals surface area contributed by atoms with Crippen molar-refractivity contribution >= 4 is 6.09 Å². The first-order valence-corrected chi connectivity index (χ1v) is 6.68. The van der Waals surface area contributed by atoms with Gasteiger partial charge in [-0.3, -0.25) is 0 Å². The van der Waals surface area contributed by atoms with Crippen LogP contribution in [0.3, 0.4) is 0 Å². The van der Waals surface area contributed by atoms with Crippen LogP contribution in [0.25, 0.3) is 0 Å². The number of aromatic hydroxyl groups is 1. The van der Waals surface area contributed by atoms with E-state index in [1.807, 2.05) is 39.8 Å². The van der Waals surface area contributed by atoms with Crippen molar-refractivity contribution in [2.75, 3.05) is 13.2 Å². The number of hydrogen-bond donors (Lipinski definition) is 1. The Morgan fingerprint density at radius 3 is 2.32 bits per heavy atom. The quantitative estimate of drug-likeness (QED) is 0.885. The van der Waals surface area contributed by atoms with Gasteiger partial charge in [0.2, 0.25) is 0 Å². The predicted octanol–water partition coefficient (Wildman–Crippen LogP) is 3.57. The molecule has 0 saturated carbocycles. The summed E-state index contributed by atoms with van der Waals surface area (Å²) >= 11 is 0. The molecule has 1 N–H and O–H groups in total. The van der Waals surface area contributed by atoms with Gasteiger partial charge < -0.3 is 14.7 Å². The van der Waals surface area contributed by atoms with Crippen molar-refractivity contribution < 1.29 is 14.6 Å². The Kier molecular flexibility index (Phi) is 5.67. The fourth-order valence-electron chi connectivity index (χ4n) is 1.81. The monoisotopic (exact) mass is 265 g/mol. The maximum Gasteiger partial charge on any atom is 0.410 e. The lowest BCUT2D eigenvalue weighted by molar-refractivity contribution is 0.0816. The normalized spacial score (nSPS) is 12.3. The molecule has 1 rings (SSSR count). The number of hydrogen-bond acceptors (Lipinski definition) is 3. The van der Waals surface area contributed by atoms with Crippen molar-refractivity contribution in [2.24, 2.45) is 5.92 Å². The average Bonchev–Trinajstić information content (AvgIpc) is 2.37. The van der Waals surface area contributed by atoms with Crippen LogP contribution in [-0.2, 0) is 4.74 Å². The summed E-state index contributed by atoms with van der Waals surface area (Å²) < 4.78 is 5.26. The van der Waals surface area contributed by atoms with E-state index in [2.05, 4.69) is 0 Å². The van der Waals surface area contributed by atoms with E-state index in [1.54, 1.807) is 17.0 Å². The van der Waals surface area contributed by atoms with Gasteiger partial charge in [-0.25, -0.2) is 4.79 Å². The molecule has 0 aliphatic rings. The molecule has 0 aliphatic carbocycles. The molecule has 0 unspecified atom stereocenters. The van der Waals surface area contributed by atoms with Crippen LogP contribution in [0.5, 0.6) is 5.75 Å². The first kappa shape index (κ1) is 15.3. The molecule has 0 heterocycles. The predicted molar refractivity (Wildman–Crippen MR) is 75.1 cm³/mol. The molecule has 1 atom stereocenters. The van der Waals surface area contributed by atoms with Crippen LogP contribution >= 0.6 is 0 Å². The molecule has 106 valence electrons. The highest BCUT2D eigenvalue weighted by atomic mass is 16.6. The van der Waals surface area contributed by atoms with Crippen molar-refractivity contribution in [3.63, 3.8) is 0 Å². The van der Waals surface area contributed by atoms with E-state index in [9.17, 15) is 9.90 Å². The summed E-state index contributed by atoms with van der Waals surface area (Å²) in [6, 6.07) is 6.81. The van der Waals surface area contributed by atoms with Gasteiger partial charge in [-0.15, -0.1) is 0 Å². The summed E-state index contributed by atoms with van der Waals surface area (Å²) in [7, 11) is 0. The van der Waals surface area contributed by atoms with Crippen LogP contribution in [0.1, 0.15) is 39.3 Å². The van der Waals surface area contributed by atoms with Crippen molar-refractivity contribution in [3.8, 4) is 5.75 Å². The molecule has 1 aromatic rings. The largest absolute Gasteiger partial charge is 0.508 e. The SMILES string of the molecule is CCN(C(=O)OCC(C)C)[C@@H](C)c1ccc(O)cc1. The molecule has 0 aromatic heterocycles. The molecule has 0 spiro atoms. The number of ether oxygens (including phenoxy) is 1. The van der Waals surface area contributed by atoms with Gasteiger partial charge in [0.25, 0.3) is 0 Å². The minimum absolute atomic E-state index is 0.0785. The Morgan fingerprint density at radius 2 is 1.84 bits per heavy atom. The highest BCUT2D eigenvalue weighted by molar-refractivity contribution is 5.68. The Bertz CT molecular complexity index is 400. The fraction of sp³-hybridized carbons (Fsp3) is 0.533. The Labute approximate surface area is 115 Å². The second-order valence-electron chi connectivity index (χ2n) is 5.02. The van der Waals surface area contributed by atoms with Gasteiger partial charge >= 0.3 is 6.09 Å². The fourth-order valence-corrected chi connectivity index (χ4v) is 1.81. The Morgan fingerprint density at radius 1 is 1.26 bits per heavy atom. The van der Waals surface area contributed by atoms with Gasteiger partial charge in [-0.2, -0.15) is 0 Å². The zero-order valence-corrected chi connectivity index (χ0v) is 12.1. The summed E-state index contributed by atoms with van der Waals surface area (Å²) in [6.45, 7) is 8.90. The number of phenolic OH excluding ortho intramolecular Hbond substituents is 1. The van der Waals surface area contributed by atoms with Crippen LogP contribution in [-0.4, -0.2) is 29.3 Å². The van der Waals surface area contributed by atoms with E-state index < -0.39 is 0 Å². The summed E-state index contributed by atoms with van der Waals surface area (Å²) in [6.07, 6.45) is -0.295. The van der Waals surface area contributed by atoms with E-state index in [0.29, 0.717) is 19.1 Å². The third-order valence-corrected chi connectivity index (χ3v) is 2.96. The van der Waals surface area contributed by atoms with Crippen LogP contribution in [0, 0.1) is 5.92 Å². The first-order valence-electron chi connectivity index (χ1n) is 6.68. The lowest BCUT2D eigenvalue weighted by Crippen LogP contribution is -2.34. The molecule has 19 heavy (non-hydrogen) atoms. The number of carbonyl (C=O) groups is 1. The van der Waals surface area contributed by atoms with Gasteiger partial charge in [0, 0.05) is 6.54 Å². The molecule has 0 bridgehead atoms. The number of carbonyl (C=O) groups excluding carboxylic acids is 1. The minimum atomic E-state index is -0.295. The number of nitrogens with zero attached hydrogens (tertiary/aromatic N) is 1. The zero-order valence-electron chi connectivity index (χ0n) is 12.1. The number of amides is 1. The molecule has 1 amide bonds. The van der Waals surface area contributed by atoms with Crippen LogP contribution in [0.2, 0.25) is 0 Å². The standard InChI is InChI=1S/C15H23NO3/c1-5-16(15(18)19-10-11(2)3)12(4)13-6-8-14(17)9-7-13/h6-9,11-12,17H,5,10H2,1-4H3/t12-/m0/s1. The summed E-state index contributed by atoms with van der Waals surface area (Å²) in [5, 5.41) is 9.28. The smallest absolute Gasteiger partial charge is 0.410 e. The van der Waals surface area contributed by atoms with E-state index in [1.165, 1.54) is 0 Å². The lowest BCUT2D eigenvalue weighted by Gasteiger charge is -2.28. The average molecular weight is 265 g/mol. The van der Waals surface area contributed by atoms with Gasteiger partial charge in [-0.05, 0) is 37.5 Å². The van der Waals surface area contributed by atoms with Crippen molar-refractivity contribution in [3.05, 3.63) is 29.8 Å². The van der Waals surface area contributed by atoms with Crippen molar-refractivity contribution in [2.45, 2.75) is 33.7 Å². The number of benzene rings is 1. The summed E-state index contributed by atoms with van der Waals surface area (Å²) in [5.74, 6) is 0.549. The van der Waals surface area contributed by atoms with E-state index in [-0.39, 0.29) is 17.9 Å². The summed E-state index contributed by atoms with van der Waals surface area (Å²) in [5.41, 5.74) is 0.973. The maximum atomic E-state index is 12.0. The van der Waals surface area contributed by atoms with Gasteiger partial charge in [-0.1, -0.05) is 26.0 Å². The van der Waals surface area contributed by atoms with Crippen LogP contribution in [0.15, 0.2) is 24.3 Å². The Balaban J connectivity index is 2.73. The first-order chi connectivity index (χ1) is 8.95.